The van der Waals surface area contributed by atoms with Crippen molar-refractivity contribution < 1.29 is 0 Å². The average Bonchev–Trinajstić information content (AvgIpc) is 2.93. The van der Waals surface area contributed by atoms with Gasteiger partial charge in [-0.3, -0.25) is 4.68 Å². The minimum Gasteiger partial charge on any atom is -0.322 e. The van der Waals surface area contributed by atoms with Crippen LogP contribution in [0.1, 0.15) is 17.3 Å². The Morgan fingerprint density at radius 3 is 2.94 bits per heavy atom. The maximum atomic E-state index is 6.30. The van der Waals surface area contributed by atoms with E-state index in [4.69, 9.17) is 5.73 Å². The Hall–Kier alpha value is -1.26. The van der Waals surface area contributed by atoms with Crippen molar-refractivity contribution in [2.24, 2.45) is 12.8 Å². The van der Waals surface area contributed by atoms with Gasteiger partial charge in [0, 0.05) is 23.4 Å². The fraction of sp³-hybridized carbons (Fsp3) is 0.308. The van der Waals surface area contributed by atoms with Gasteiger partial charge in [0.15, 0.2) is 0 Å². The average molecular weight is 245 g/mol. The van der Waals surface area contributed by atoms with Gasteiger partial charge in [0.2, 0.25) is 0 Å². The highest BCUT2D eigenvalue weighted by Crippen LogP contribution is 2.41. The highest BCUT2D eigenvalue weighted by atomic mass is 32.2. The Morgan fingerprint density at radius 1 is 1.41 bits per heavy atom. The van der Waals surface area contributed by atoms with Crippen LogP contribution in [0.5, 0.6) is 0 Å². The zero-order chi connectivity index (χ0) is 11.8. The van der Waals surface area contributed by atoms with Gasteiger partial charge < -0.3 is 5.73 Å². The van der Waals surface area contributed by atoms with Gasteiger partial charge >= 0.3 is 0 Å². The van der Waals surface area contributed by atoms with Crippen molar-refractivity contribution in [2.45, 2.75) is 22.6 Å². The fourth-order valence-electron chi connectivity index (χ4n) is 2.21. The Bertz CT molecular complexity index is 510. The topological polar surface area (TPSA) is 43.8 Å². The first kappa shape index (κ1) is 10.9. The molecule has 0 radical (unpaired) electrons. The molecule has 1 aliphatic rings. The smallest absolute Gasteiger partial charge is 0.0803 e. The lowest BCUT2D eigenvalue weighted by Gasteiger charge is -2.15. The van der Waals surface area contributed by atoms with Gasteiger partial charge in [-0.15, -0.1) is 11.8 Å². The second-order valence-electron chi connectivity index (χ2n) is 4.41. The first-order valence-corrected chi connectivity index (χ1v) is 6.62. The molecular formula is C13H15N3S. The van der Waals surface area contributed by atoms with Crippen LogP contribution in [0.4, 0.5) is 0 Å². The molecule has 2 heterocycles. The van der Waals surface area contributed by atoms with Crippen LogP contribution in [-0.2, 0) is 13.5 Å². The summed E-state index contributed by atoms with van der Waals surface area (Å²) in [5.41, 5.74) is 8.69. The van der Waals surface area contributed by atoms with Crippen LogP contribution < -0.4 is 5.73 Å². The maximum absolute atomic E-state index is 6.30. The van der Waals surface area contributed by atoms with E-state index in [0.717, 1.165) is 12.1 Å². The molecule has 3 rings (SSSR count). The predicted octanol–water partition coefficient (Wildman–Crippen LogP) is 2.14. The summed E-state index contributed by atoms with van der Waals surface area (Å²) >= 11 is 1.87. The van der Waals surface area contributed by atoms with Crippen LogP contribution in [0.2, 0.25) is 0 Å². The zero-order valence-corrected chi connectivity index (χ0v) is 10.5. The van der Waals surface area contributed by atoms with Crippen molar-refractivity contribution in [3.05, 3.63) is 47.8 Å². The van der Waals surface area contributed by atoms with E-state index in [2.05, 4.69) is 29.4 Å². The van der Waals surface area contributed by atoms with Gasteiger partial charge in [0.1, 0.15) is 0 Å². The van der Waals surface area contributed by atoms with Gasteiger partial charge in [0.25, 0.3) is 0 Å². The van der Waals surface area contributed by atoms with E-state index in [1.165, 1.54) is 10.5 Å². The molecule has 3 nitrogen and oxygen atoms in total. The molecule has 0 spiro atoms. The minimum absolute atomic E-state index is 0.00796. The summed E-state index contributed by atoms with van der Waals surface area (Å²) in [5, 5.41) is 4.80. The molecule has 1 aliphatic heterocycles. The van der Waals surface area contributed by atoms with E-state index in [9.17, 15) is 0 Å². The van der Waals surface area contributed by atoms with E-state index >= 15 is 0 Å². The monoisotopic (exact) mass is 245 g/mol. The molecule has 0 saturated heterocycles. The van der Waals surface area contributed by atoms with E-state index < -0.39 is 0 Å². The molecular weight excluding hydrogens is 230 g/mol. The maximum Gasteiger partial charge on any atom is 0.0803 e. The molecule has 88 valence electrons. The quantitative estimate of drug-likeness (QED) is 0.881. The Balaban J connectivity index is 1.80. The van der Waals surface area contributed by atoms with Crippen molar-refractivity contribution in [1.82, 2.24) is 9.78 Å². The number of aromatic nitrogens is 2. The highest BCUT2D eigenvalue weighted by Gasteiger charge is 2.29. The van der Waals surface area contributed by atoms with Gasteiger partial charge in [-0.25, -0.2) is 0 Å². The summed E-state index contributed by atoms with van der Waals surface area (Å²) in [6.07, 6.45) is 2.99. The first-order valence-electron chi connectivity index (χ1n) is 5.74. The highest BCUT2D eigenvalue weighted by molar-refractivity contribution is 8.00. The summed E-state index contributed by atoms with van der Waals surface area (Å²) in [5.74, 6) is 0. The van der Waals surface area contributed by atoms with Crippen LogP contribution in [0.3, 0.4) is 0 Å². The summed E-state index contributed by atoms with van der Waals surface area (Å²) < 4.78 is 1.81. The van der Waals surface area contributed by atoms with E-state index in [-0.39, 0.29) is 6.04 Å². The number of nitrogens with two attached hydrogens (primary N) is 1. The third kappa shape index (κ3) is 1.98. The SMILES string of the molecule is Cn1ccc(C(N)C2Cc3ccccc3S2)n1. The number of rotatable bonds is 2. The first-order chi connectivity index (χ1) is 8.24. The lowest BCUT2D eigenvalue weighted by atomic mass is 10.0. The molecule has 0 aliphatic carbocycles. The molecule has 2 unspecified atom stereocenters. The predicted molar refractivity (Wildman–Crippen MR) is 69.9 cm³/mol. The van der Waals surface area contributed by atoms with Crippen LogP contribution >= 0.6 is 11.8 Å². The Kier molecular flexibility index (Phi) is 2.68. The van der Waals surface area contributed by atoms with Gasteiger partial charge in [-0.1, -0.05) is 18.2 Å². The van der Waals surface area contributed by atoms with Crippen molar-refractivity contribution in [2.75, 3.05) is 0 Å². The molecule has 17 heavy (non-hydrogen) atoms. The third-order valence-electron chi connectivity index (χ3n) is 3.15. The minimum atomic E-state index is 0.00796. The number of fused-ring (bicyclic) bond motifs is 1. The molecule has 2 N–H and O–H groups in total. The molecule has 2 atom stereocenters. The van der Waals surface area contributed by atoms with E-state index in [1.54, 1.807) is 0 Å². The summed E-state index contributed by atoms with van der Waals surface area (Å²) in [4.78, 5) is 1.36. The summed E-state index contributed by atoms with van der Waals surface area (Å²) in [6.45, 7) is 0. The third-order valence-corrected chi connectivity index (χ3v) is 4.56. The molecule has 2 aromatic rings. The summed E-state index contributed by atoms with van der Waals surface area (Å²) in [7, 11) is 1.92. The standard InChI is InChI=1S/C13H15N3S/c1-16-7-6-10(15-16)13(14)12-8-9-4-2-3-5-11(9)17-12/h2-7,12-13H,8,14H2,1H3. The lowest BCUT2D eigenvalue weighted by Crippen LogP contribution is -2.23. The van der Waals surface area contributed by atoms with Crippen LogP contribution in [0.15, 0.2) is 41.4 Å². The second kappa shape index (κ2) is 4.20. The summed E-state index contributed by atoms with van der Waals surface area (Å²) in [6, 6.07) is 10.6. The molecule has 0 fully saturated rings. The zero-order valence-electron chi connectivity index (χ0n) is 9.71. The van der Waals surface area contributed by atoms with E-state index in [1.807, 2.05) is 35.8 Å². The Morgan fingerprint density at radius 2 is 2.24 bits per heavy atom. The van der Waals surface area contributed by atoms with Crippen LogP contribution in [-0.4, -0.2) is 15.0 Å². The Labute approximate surface area is 105 Å². The van der Waals surface area contributed by atoms with Gasteiger partial charge in [-0.05, 0) is 24.1 Å². The number of nitrogens with zero attached hydrogens (tertiary/aromatic N) is 2. The number of hydrogen-bond acceptors (Lipinski definition) is 3. The van der Waals surface area contributed by atoms with Crippen molar-refractivity contribution in [3.8, 4) is 0 Å². The van der Waals surface area contributed by atoms with Crippen molar-refractivity contribution in [3.63, 3.8) is 0 Å². The van der Waals surface area contributed by atoms with Crippen molar-refractivity contribution in [1.29, 1.82) is 0 Å². The molecule has 0 saturated carbocycles. The number of aryl methyl sites for hydroxylation is 1. The van der Waals surface area contributed by atoms with Crippen LogP contribution in [0.25, 0.3) is 0 Å². The molecule has 4 heteroatoms. The van der Waals surface area contributed by atoms with Gasteiger partial charge in [-0.2, -0.15) is 5.10 Å². The van der Waals surface area contributed by atoms with Gasteiger partial charge in [0.05, 0.1) is 11.7 Å². The normalized spacial score (nSPS) is 20.2. The second-order valence-corrected chi connectivity index (χ2v) is 5.69. The largest absolute Gasteiger partial charge is 0.322 e. The number of benzene rings is 1. The van der Waals surface area contributed by atoms with Crippen LogP contribution in [0, 0.1) is 0 Å². The van der Waals surface area contributed by atoms with E-state index in [0.29, 0.717) is 5.25 Å². The van der Waals surface area contributed by atoms with Crippen molar-refractivity contribution >= 4 is 11.8 Å². The molecule has 0 amide bonds. The lowest BCUT2D eigenvalue weighted by molar-refractivity contribution is 0.632. The molecule has 1 aromatic carbocycles. The number of thioether (sulfide) groups is 1. The fourth-order valence-corrected chi connectivity index (χ4v) is 3.55. The molecule has 1 aromatic heterocycles. The molecule has 0 bridgehead atoms. The number of hydrogen-bond donors (Lipinski definition) is 1.